The summed E-state index contributed by atoms with van der Waals surface area (Å²) in [6, 6.07) is 15.2. The largest absolute Gasteiger partial charge is 0.573 e. The number of para-hydroxylation sites is 1. The molecule has 4 rings (SSSR count). The van der Waals surface area contributed by atoms with Gasteiger partial charge >= 0.3 is 18.9 Å². The van der Waals surface area contributed by atoms with Crippen LogP contribution in [0.4, 0.5) is 36.4 Å². The van der Waals surface area contributed by atoms with Crippen LogP contribution in [0, 0.1) is 0 Å². The SMILES string of the molecule is CC.FC(F)C(F)(F)Oc1cccc(C2COc3c(cccc3-c3cccc(OC(F)(F)F)c3)N2)c1. The summed E-state index contributed by atoms with van der Waals surface area (Å²) in [5.41, 5.74) is 1.87. The Bertz CT molecular complexity index is 1170. The molecule has 3 aromatic carbocycles. The first-order valence-corrected chi connectivity index (χ1v) is 10.9. The first kappa shape index (κ1) is 27.0. The lowest BCUT2D eigenvalue weighted by Gasteiger charge is -2.29. The van der Waals surface area contributed by atoms with Gasteiger partial charge in [0.05, 0.1) is 11.7 Å². The molecule has 0 saturated heterocycles. The number of rotatable bonds is 6. The van der Waals surface area contributed by atoms with Gasteiger partial charge in [-0.2, -0.15) is 17.6 Å². The lowest BCUT2D eigenvalue weighted by atomic mass is 10.0. The van der Waals surface area contributed by atoms with Crippen LogP contribution in [0.5, 0.6) is 17.2 Å². The van der Waals surface area contributed by atoms with Crippen LogP contribution >= 0.6 is 0 Å². The molecule has 0 fully saturated rings. The van der Waals surface area contributed by atoms with Gasteiger partial charge in [-0.1, -0.05) is 50.2 Å². The summed E-state index contributed by atoms with van der Waals surface area (Å²) in [6.07, 6.45) is -13.5. The summed E-state index contributed by atoms with van der Waals surface area (Å²) < 4.78 is 103. The third-order valence-corrected chi connectivity index (χ3v) is 4.89. The van der Waals surface area contributed by atoms with Gasteiger partial charge in [0.25, 0.3) is 0 Å². The van der Waals surface area contributed by atoms with Gasteiger partial charge in [-0.05, 0) is 41.5 Å². The number of alkyl halides is 7. The van der Waals surface area contributed by atoms with E-state index in [1.165, 1.54) is 30.3 Å². The third-order valence-electron chi connectivity index (χ3n) is 4.89. The van der Waals surface area contributed by atoms with E-state index < -0.39 is 30.7 Å². The smallest absolute Gasteiger partial charge is 0.488 e. The molecule has 0 aliphatic carbocycles. The van der Waals surface area contributed by atoms with Gasteiger partial charge in [-0.25, -0.2) is 0 Å². The van der Waals surface area contributed by atoms with Crippen molar-refractivity contribution >= 4 is 5.69 Å². The van der Waals surface area contributed by atoms with E-state index in [9.17, 15) is 30.7 Å². The summed E-state index contributed by atoms with van der Waals surface area (Å²) >= 11 is 0. The molecule has 0 aromatic heterocycles. The van der Waals surface area contributed by atoms with Gasteiger partial charge in [0.15, 0.2) is 0 Å². The minimum Gasteiger partial charge on any atom is -0.488 e. The first-order chi connectivity index (χ1) is 17.0. The van der Waals surface area contributed by atoms with Crippen molar-refractivity contribution in [3.63, 3.8) is 0 Å². The second-order valence-electron chi connectivity index (χ2n) is 7.30. The number of anilines is 1. The van der Waals surface area contributed by atoms with Crippen LogP contribution in [0.3, 0.4) is 0 Å². The van der Waals surface area contributed by atoms with E-state index in [1.54, 1.807) is 30.3 Å². The number of hydrogen-bond acceptors (Lipinski definition) is 4. The van der Waals surface area contributed by atoms with Crippen molar-refractivity contribution < 1.29 is 44.9 Å². The molecule has 1 unspecified atom stereocenters. The van der Waals surface area contributed by atoms with Crippen molar-refractivity contribution in [2.24, 2.45) is 0 Å². The molecular formula is C25H22F7NO3. The van der Waals surface area contributed by atoms with Crippen molar-refractivity contribution in [2.75, 3.05) is 11.9 Å². The van der Waals surface area contributed by atoms with Gasteiger partial charge in [0.1, 0.15) is 23.9 Å². The van der Waals surface area contributed by atoms with Crippen molar-refractivity contribution in [1.82, 2.24) is 0 Å². The average Bonchev–Trinajstić information content (AvgIpc) is 2.83. The van der Waals surface area contributed by atoms with Gasteiger partial charge in [-0.15, -0.1) is 13.2 Å². The van der Waals surface area contributed by atoms with Crippen LogP contribution in [0.15, 0.2) is 66.7 Å². The monoisotopic (exact) mass is 517 g/mol. The zero-order valence-electron chi connectivity index (χ0n) is 19.1. The summed E-state index contributed by atoms with van der Waals surface area (Å²) in [4.78, 5) is 0. The lowest BCUT2D eigenvalue weighted by Crippen LogP contribution is -2.33. The van der Waals surface area contributed by atoms with E-state index in [0.717, 1.165) is 6.07 Å². The van der Waals surface area contributed by atoms with E-state index >= 15 is 0 Å². The van der Waals surface area contributed by atoms with Gasteiger partial charge in [0.2, 0.25) is 0 Å². The normalized spacial score (nSPS) is 15.1. The van der Waals surface area contributed by atoms with E-state index in [2.05, 4.69) is 14.8 Å². The highest BCUT2D eigenvalue weighted by molar-refractivity contribution is 5.79. The highest BCUT2D eigenvalue weighted by atomic mass is 19.4. The van der Waals surface area contributed by atoms with E-state index in [4.69, 9.17) is 4.74 Å². The molecule has 0 spiro atoms. The van der Waals surface area contributed by atoms with Gasteiger partial charge in [0, 0.05) is 5.56 Å². The van der Waals surface area contributed by atoms with Crippen LogP contribution in [0.25, 0.3) is 11.1 Å². The fourth-order valence-corrected chi connectivity index (χ4v) is 3.47. The van der Waals surface area contributed by atoms with E-state index in [1.807, 2.05) is 13.8 Å². The Balaban J connectivity index is 0.00000176. The predicted octanol–water partition coefficient (Wildman–Crippen LogP) is 8.06. The van der Waals surface area contributed by atoms with Gasteiger partial charge < -0.3 is 19.5 Å². The first-order valence-electron chi connectivity index (χ1n) is 10.9. The molecule has 0 saturated carbocycles. The molecule has 0 bridgehead atoms. The second-order valence-corrected chi connectivity index (χ2v) is 7.30. The topological polar surface area (TPSA) is 39.7 Å². The molecule has 0 amide bonds. The molecule has 1 atom stereocenters. The molecule has 194 valence electrons. The highest BCUT2D eigenvalue weighted by Crippen LogP contribution is 2.42. The Kier molecular flexibility index (Phi) is 8.21. The Morgan fingerprint density at radius 2 is 1.50 bits per heavy atom. The van der Waals surface area contributed by atoms with E-state index in [-0.39, 0.29) is 12.4 Å². The molecule has 1 aliphatic rings. The van der Waals surface area contributed by atoms with Crippen LogP contribution < -0.4 is 19.5 Å². The van der Waals surface area contributed by atoms with Gasteiger partial charge in [-0.3, -0.25) is 0 Å². The Morgan fingerprint density at radius 1 is 0.861 bits per heavy atom. The van der Waals surface area contributed by atoms with Crippen molar-refractivity contribution in [2.45, 2.75) is 38.8 Å². The number of halogens is 7. The fourth-order valence-electron chi connectivity index (χ4n) is 3.47. The zero-order chi connectivity index (χ0) is 26.5. The standard InChI is InChI=1S/C23H16F7NO3.C2H6/c24-21(25)22(26,27)33-15-6-2-5-14(11-15)19-12-32-20-17(8-3-9-18(20)31-19)13-4-1-7-16(10-13)34-23(28,29)30;1-2/h1-11,19,21,31H,12H2;1-2H3. The maximum absolute atomic E-state index is 13.2. The summed E-state index contributed by atoms with van der Waals surface area (Å²) in [6.45, 7) is 4.03. The highest BCUT2D eigenvalue weighted by Gasteiger charge is 2.44. The average molecular weight is 517 g/mol. The molecule has 4 nitrogen and oxygen atoms in total. The Morgan fingerprint density at radius 3 is 2.17 bits per heavy atom. The summed E-state index contributed by atoms with van der Waals surface area (Å²) in [5, 5.41) is 3.16. The van der Waals surface area contributed by atoms with Crippen molar-refractivity contribution in [3.8, 4) is 28.4 Å². The summed E-state index contributed by atoms with van der Waals surface area (Å²) in [7, 11) is 0. The molecule has 1 heterocycles. The molecular weight excluding hydrogens is 495 g/mol. The van der Waals surface area contributed by atoms with Crippen LogP contribution in [-0.2, 0) is 0 Å². The maximum atomic E-state index is 13.2. The quantitative estimate of drug-likeness (QED) is 0.336. The summed E-state index contributed by atoms with van der Waals surface area (Å²) in [5.74, 6) is -0.452. The minimum atomic E-state index is -4.84. The zero-order valence-corrected chi connectivity index (χ0v) is 19.1. The third kappa shape index (κ3) is 6.52. The molecule has 36 heavy (non-hydrogen) atoms. The van der Waals surface area contributed by atoms with Crippen LogP contribution in [-0.4, -0.2) is 25.5 Å². The molecule has 1 N–H and O–H groups in total. The molecule has 11 heteroatoms. The lowest BCUT2D eigenvalue weighted by molar-refractivity contribution is -0.274. The van der Waals surface area contributed by atoms with Crippen LogP contribution in [0.1, 0.15) is 25.5 Å². The van der Waals surface area contributed by atoms with Crippen LogP contribution in [0.2, 0.25) is 0 Å². The number of hydrogen-bond donors (Lipinski definition) is 1. The maximum Gasteiger partial charge on any atom is 0.573 e. The minimum absolute atomic E-state index is 0.0252. The number of benzene rings is 3. The predicted molar refractivity (Wildman–Crippen MR) is 120 cm³/mol. The Labute approximate surface area is 202 Å². The van der Waals surface area contributed by atoms with E-state index in [0.29, 0.717) is 28.1 Å². The fraction of sp³-hybridized carbons (Fsp3) is 0.280. The van der Waals surface area contributed by atoms with Crippen molar-refractivity contribution in [1.29, 1.82) is 0 Å². The van der Waals surface area contributed by atoms with Crippen molar-refractivity contribution in [3.05, 3.63) is 72.3 Å². The number of fused-ring (bicyclic) bond motifs is 1. The number of nitrogens with one attached hydrogen (secondary N) is 1. The molecule has 0 radical (unpaired) electrons. The Hall–Kier alpha value is -3.63. The molecule has 3 aromatic rings. The number of ether oxygens (including phenoxy) is 3. The molecule has 1 aliphatic heterocycles. The second kappa shape index (κ2) is 11.0.